The van der Waals surface area contributed by atoms with Crippen LogP contribution in [0.1, 0.15) is 75.1 Å². The summed E-state index contributed by atoms with van der Waals surface area (Å²) in [5, 5.41) is 20.0. The lowest BCUT2D eigenvalue weighted by molar-refractivity contribution is -0.356. The van der Waals surface area contributed by atoms with Gasteiger partial charge in [0.05, 0.1) is 5.56 Å². The van der Waals surface area contributed by atoms with Gasteiger partial charge in [0.15, 0.2) is 0 Å². The van der Waals surface area contributed by atoms with E-state index in [2.05, 4.69) is 6.92 Å². The number of carbonyl (C=O) groups excluding carboxylic acids is 1. The Morgan fingerprint density at radius 2 is 1.66 bits per heavy atom. The lowest BCUT2D eigenvalue weighted by Crippen LogP contribution is -2.37. The quantitative estimate of drug-likeness (QED) is 0.219. The highest BCUT2D eigenvalue weighted by atomic mass is 16.9. The van der Waals surface area contributed by atoms with Crippen LogP contribution in [0, 0.1) is 0 Å². The average Bonchev–Trinajstić information content (AvgIpc) is 2.69. The van der Waals surface area contributed by atoms with Crippen molar-refractivity contribution < 1.29 is 34.0 Å². The molecule has 0 heterocycles. The summed E-state index contributed by atoms with van der Waals surface area (Å²) in [4.78, 5) is 22.9. The number of rotatable bonds is 13. The first-order chi connectivity index (χ1) is 13.8. The molecule has 0 aliphatic heterocycles. The van der Waals surface area contributed by atoms with Gasteiger partial charge in [-0.25, -0.2) is 0 Å². The number of methoxy groups -OCH3 is 2. The predicted molar refractivity (Wildman–Crippen MR) is 109 cm³/mol. The number of aromatic hydroxyl groups is 1. The second-order valence-electron chi connectivity index (χ2n) is 6.92. The van der Waals surface area contributed by atoms with Crippen molar-refractivity contribution in [3.63, 3.8) is 0 Å². The Morgan fingerprint density at radius 3 is 2.14 bits per heavy atom. The maximum atomic E-state index is 12.0. The summed E-state index contributed by atoms with van der Waals surface area (Å²) < 4.78 is 16.0. The van der Waals surface area contributed by atoms with Crippen LogP contribution in [0.4, 0.5) is 0 Å². The molecule has 0 bridgehead atoms. The highest BCUT2D eigenvalue weighted by Crippen LogP contribution is 2.40. The molecule has 0 aliphatic rings. The van der Waals surface area contributed by atoms with Crippen molar-refractivity contribution in [2.24, 2.45) is 0 Å². The molecule has 2 N–H and O–H groups in total. The van der Waals surface area contributed by atoms with E-state index in [4.69, 9.17) is 19.3 Å². The van der Waals surface area contributed by atoms with Crippen LogP contribution in [0.5, 0.6) is 5.75 Å². The third-order valence-electron chi connectivity index (χ3n) is 5.04. The zero-order valence-corrected chi connectivity index (χ0v) is 18.2. The summed E-state index contributed by atoms with van der Waals surface area (Å²) >= 11 is 0. The van der Waals surface area contributed by atoms with Gasteiger partial charge in [-0.3, -0.25) is 9.59 Å². The fraction of sp³-hybridized carbons (Fsp3) is 0.636. The molecule has 0 saturated heterocycles. The van der Waals surface area contributed by atoms with Crippen LogP contribution in [0.3, 0.4) is 0 Å². The maximum absolute atomic E-state index is 12.0. The van der Waals surface area contributed by atoms with E-state index in [0.29, 0.717) is 12.8 Å². The van der Waals surface area contributed by atoms with Gasteiger partial charge in [-0.1, -0.05) is 40.0 Å². The van der Waals surface area contributed by atoms with Crippen LogP contribution in [-0.4, -0.2) is 36.4 Å². The first-order valence-electron chi connectivity index (χ1n) is 10.2. The van der Waals surface area contributed by atoms with Gasteiger partial charge in [0.2, 0.25) is 0 Å². The van der Waals surface area contributed by atoms with Crippen molar-refractivity contribution in [1.29, 1.82) is 0 Å². The van der Waals surface area contributed by atoms with E-state index in [1.165, 1.54) is 14.2 Å². The Morgan fingerprint density at radius 1 is 1.00 bits per heavy atom. The van der Waals surface area contributed by atoms with Gasteiger partial charge < -0.3 is 24.4 Å². The number of unbranched alkanes of at least 4 members (excludes halogenated alkanes) is 3. The monoisotopic (exact) mass is 410 g/mol. The highest BCUT2D eigenvalue weighted by molar-refractivity contribution is 5.90. The normalized spacial score (nSPS) is 11.5. The molecule has 0 unspecified atom stereocenters. The minimum atomic E-state index is -2.02. The van der Waals surface area contributed by atoms with Crippen LogP contribution >= 0.6 is 0 Å². The van der Waals surface area contributed by atoms with Crippen molar-refractivity contribution in [2.45, 2.75) is 78.1 Å². The van der Waals surface area contributed by atoms with Crippen molar-refractivity contribution in [3.8, 4) is 5.75 Å². The second-order valence-corrected chi connectivity index (χ2v) is 6.92. The summed E-state index contributed by atoms with van der Waals surface area (Å²) in [7, 11) is 2.55. The molecule has 0 amide bonds. The van der Waals surface area contributed by atoms with Crippen molar-refractivity contribution in [2.75, 3.05) is 14.2 Å². The highest BCUT2D eigenvalue weighted by Gasteiger charge is 2.41. The molecule has 0 fully saturated rings. The number of phenols is 1. The molecule has 1 rings (SSSR count). The SMILES string of the molecule is CCCCCCc1c(O)c(C(OC)(OC)OC(=O)CC(=O)O)cc(CC)c1CC. The lowest BCUT2D eigenvalue weighted by atomic mass is 9.89. The zero-order valence-electron chi connectivity index (χ0n) is 18.2. The third kappa shape index (κ3) is 6.18. The topological polar surface area (TPSA) is 102 Å². The van der Waals surface area contributed by atoms with Crippen molar-refractivity contribution in [1.82, 2.24) is 0 Å². The van der Waals surface area contributed by atoms with Crippen LogP contribution < -0.4 is 0 Å². The number of hydrogen-bond acceptors (Lipinski definition) is 6. The van der Waals surface area contributed by atoms with Gasteiger partial charge in [0, 0.05) is 14.2 Å². The number of carbonyl (C=O) groups is 2. The van der Waals surface area contributed by atoms with Crippen LogP contribution in [-0.2, 0) is 49.0 Å². The number of hydrogen-bond donors (Lipinski definition) is 2. The largest absolute Gasteiger partial charge is 0.507 e. The molecule has 1 aromatic carbocycles. The number of carboxylic acid groups (broad SMARTS) is 1. The summed E-state index contributed by atoms with van der Waals surface area (Å²) in [5.74, 6) is -4.41. The maximum Gasteiger partial charge on any atom is 0.361 e. The van der Waals surface area contributed by atoms with Crippen LogP contribution in [0.2, 0.25) is 0 Å². The van der Waals surface area contributed by atoms with Crippen molar-refractivity contribution >= 4 is 11.9 Å². The zero-order chi connectivity index (χ0) is 22.0. The fourth-order valence-electron chi connectivity index (χ4n) is 3.57. The molecule has 0 aliphatic carbocycles. The molecule has 7 heteroatoms. The number of phenolic OH excluding ortho intramolecular Hbond substituents is 1. The van der Waals surface area contributed by atoms with Gasteiger partial charge in [-0.15, -0.1) is 0 Å². The lowest BCUT2D eigenvalue weighted by Gasteiger charge is -2.32. The van der Waals surface area contributed by atoms with E-state index in [0.717, 1.165) is 48.8 Å². The van der Waals surface area contributed by atoms with E-state index in [1.54, 1.807) is 6.07 Å². The number of ether oxygens (including phenoxy) is 3. The van der Waals surface area contributed by atoms with E-state index < -0.39 is 24.3 Å². The molecule has 0 saturated carbocycles. The molecule has 0 spiro atoms. The fourth-order valence-corrected chi connectivity index (χ4v) is 3.57. The average molecular weight is 411 g/mol. The molecule has 29 heavy (non-hydrogen) atoms. The predicted octanol–water partition coefficient (Wildman–Crippen LogP) is 4.06. The van der Waals surface area contributed by atoms with Gasteiger partial charge in [0.1, 0.15) is 12.2 Å². The number of benzene rings is 1. The van der Waals surface area contributed by atoms with Gasteiger partial charge in [-0.05, 0) is 48.4 Å². The summed E-state index contributed by atoms with van der Waals surface area (Å²) in [6, 6.07) is 1.71. The summed E-state index contributed by atoms with van der Waals surface area (Å²) in [6.07, 6.45) is 5.52. The van der Waals surface area contributed by atoms with Crippen molar-refractivity contribution in [3.05, 3.63) is 28.3 Å². The van der Waals surface area contributed by atoms with Crippen LogP contribution in [0.25, 0.3) is 0 Å². The Kier molecular flexibility index (Phi) is 10.1. The minimum absolute atomic E-state index is 0.0395. The Balaban J connectivity index is 3.48. The summed E-state index contributed by atoms with van der Waals surface area (Å²) in [6.45, 7) is 6.19. The molecule has 1 aromatic rings. The Bertz CT molecular complexity index is 693. The van der Waals surface area contributed by atoms with E-state index in [9.17, 15) is 14.7 Å². The number of aryl methyl sites for hydroxylation is 1. The molecular formula is C22H34O7. The van der Waals surface area contributed by atoms with Gasteiger partial charge >= 0.3 is 17.9 Å². The smallest absolute Gasteiger partial charge is 0.361 e. The van der Waals surface area contributed by atoms with Crippen LogP contribution in [0.15, 0.2) is 6.07 Å². The summed E-state index contributed by atoms with van der Waals surface area (Å²) in [5.41, 5.74) is 3.04. The van der Waals surface area contributed by atoms with E-state index in [1.807, 2.05) is 13.8 Å². The molecule has 0 atom stereocenters. The second kappa shape index (κ2) is 11.8. The number of aliphatic carboxylic acids is 1. The van der Waals surface area contributed by atoms with E-state index in [-0.39, 0.29) is 11.3 Å². The third-order valence-corrected chi connectivity index (χ3v) is 5.04. The molecule has 7 nitrogen and oxygen atoms in total. The standard InChI is InChI=1S/C22H34O7/c1-6-9-10-11-12-17-16(8-3)15(7-2)13-18(21(17)26)22(27-4,28-5)29-20(25)14-19(23)24/h13,26H,6-12,14H2,1-5H3,(H,23,24). The Hall–Kier alpha value is -2.12. The number of esters is 1. The molecule has 164 valence electrons. The molecular weight excluding hydrogens is 376 g/mol. The number of carboxylic acids is 1. The van der Waals surface area contributed by atoms with E-state index >= 15 is 0 Å². The minimum Gasteiger partial charge on any atom is -0.507 e. The van der Waals surface area contributed by atoms with Gasteiger partial charge in [-0.2, -0.15) is 0 Å². The molecule has 0 aromatic heterocycles. The first kappa shape index (κ1) is 24.9. The Labute approximate surface area is 173 Å². The first-order valence-corrected chi connectivity index (χ1v) is 10.2. The molecule has 0 radical (unpaired) electrons. The van der Waals surface area contributed by atoms with Gasteiger partial charge in [0.25, 0.3) is 0 Å².